The zero-order valence-electron chi connectivity index (χ0n) is 17.6. The maximum absolute atomic E-state index is 9.81. The quantitative estimate of drug-likeness (QED) is 0.359. The van der Waals surface area contributed by atoms with E-state index in [0.29, 0.717) is 12.7 Å². The minimum atomic E-state index is -0.182. The summed E-state index contributed by atoms with van der Waals surface area (Å²) in [6.45, 7) is 5.26. The smallest absolute Gasteiger partial charge is 0.0807 e. The summed E-state index contributed by atoms with van der Waals surface area (Å²) in [4.78, 5) is 0. The number of unbranched alkanes of at least 4 members (excludes halogenated alkanes) is 4. The Kier molecular flexibility index (Phi) is 10.1. The summed E-state index contributed by atoms with van der Waals surface area (Å²) in [6, 6.07) is 2.67. The van der Waals surface area contributed by atoms with Crippen LogP contribution in [0.1, 0.15) is 117 Å². The van der Waals surface area contributed by atoms with Gasteiger partial charge in [0.1, 0.15) is 0 Å². The summed E-state index contributed by atoms with van der Waals surface area (Å²) in [5.74, 6) is 1.80. The molecule has 2 aliphatic carbocycles. The summed E-state index contributed by atoms with van der Waals surface area (Å²) in [7, 11) is 0. The molecule has 0 atom stereocenters. The average Bonchev–Trinajstić information content (AvgIpc) is 2.70. The van der Waals surface area contributed by atoms with Crippen LogP contribution in [-0.4, -0.2) is 12.7 Å². The lowest BCUT2D eigenvalue weighted by Gasteiger charge is -2.37. The molecule has 2 saturated carbocycles. The van der Waals surface area contributed by atoms with E-state index < -0.39 is 0 Å². The molecule has 0 bridgehead atoms. The minimum absolute atomic E-state index is 0.182. The molecule has 0 saturated heterocycles. The summed E-state index contributed by atoms with van der Waals surface area (Å²) in [6.07, 6.45) is 21.1. The lowest BCUT2D eigenvalue weighted by molar-refractivity contribution is -0.0299. The lowest BCUT2D eigenvalue weighted by Crippen LogP contribution is -2.34. The first-order chi connectivity index (χ1) is 12.7. The first-order valence-corrected chi connectivity index (χ1v) is 11.7. The van der Waals surface area contributed by atoms with Crippen molar-refractivity contribution in [2.75, 3.05) is 6.61 Å². The van der Waals surface area contributed by atoms with Gasteiger partial charge in [-0.25, -0.2) is 0 Å². The van der Waals surface area contributed by atoms with Crippen molar-refractivity contribution in [2.45, 2.75) is 123 Å². The number of nitriles is 1. The van der Waals surface area contributed by atoms with Crippen LogP contribution in [0.25, 0.3) is 0 Å². The molecule has 2 rings (SSSR count). The molecular formula is C24H43NO. The Bertz CT molecular complexity index is 397. The van der Waals surface area contributed by atoms with Crippen LogP contribution >= 0.6 is 0 Å². The maximum Gasteiger partial charge on any atom is 0.0807 e. The molecular weight excluding hydrogens is 318 g/mol. The van der Waals surface area contributed by atoms with Gasteiger partial charge in [-0.3, -0.25) is 0 Å². The van der Waals surface area contributed by atoms with Gasteiger partial charge in [0.05, 0.1) is 24.2 Å². The van der Waals surface area contributed by atoms with E-state index in [1.54, 1.807) is 0 Å². The molecule has 0 spiro atoms. The van der Waals surface area contributed by atoms with Crippen LogP contribution in [0.2, 0.25) is 0 Å². The van der Waals surface area contributed by atoms with Gasteiger partial charge >= 0.3 is 0 Å². The molecule has 0 amide bonds. The SMILES string of the molecule is CCCCCCC1CCC(C#N)(COC2CCC(CCCC)CC2)CC1. The summed E-state index contributed by atoms with van der Waals surface area (Å²) in [5.41, 5.74) is -0.182. The van der Waals surface area contributed by atoms with Gasteiger partial charge in [-0.15, -0.1) is 0 Å². The molecule has 0 heterocycles. The van der Waals surface area contributed by atoms with Gasteiger partial charge < -0.3 is 4.74 Å². The van der Waals surface area contributed by atoms with Crippen LogP contribution in [0.5, 0.6) is 0 Å². The Hall–Kier alpha value is -0.550. The van der Waals surface area contributed by atoms with E-state index in [2.05, 4.69) is 19.9 Å². The first kappa shape index (κ1) is 21.7. The monoisotopic (exact) mass is 361 g/mol. The van der Waals surface area contributed by atoms with Gasteiger partial charge in [-0.05, 0) is 63.2 Å². The van der Waals surface area contributed by atoms with Crippen LogP contribution in [-0.2, 0) is 4.74 Å². The molecule has 0 aromatic rings. The molecule has 0 aliphatic heterocycles. The molecule has 0 aromatic carbocycles. The molecule has 26 heavy (non-hydrogen) atoms. The Labute approximate surface area is 163 Å². The second-order valence-electron chi connectivity index (χ2n) is 9.28. The molecule has 0 unspecified atom stereocenters. The van der Waals surface area contributed by atoms with Gasteiger partial charge in [0.2, 0.25) is 0 Å². The molecule has 2 fully saturated rings. The number of ether oxygens (including phenoxy) is 1. The third kappa shape index (κ3) is 7.22. The number of nitrogens with zero attached hydrogens (tertiary/aromatic N) is 1. The Balaban J connectivity index is 1.64. The van der Waals surface area contributed by atoms with Crippen molar-refractivity contribution in [3.8, 4) is 6.07 Å². The topological polar surface area (TPSA) is 33.0 Å². The van der Waals surface area contributed by atoms with Crippen molar-refractivity contribution in [3.05, 3.63) is 0 Å². The predicted octanol–water partition coefficient (Wildman–Crippen LogP) is 7.42. The Morgan fingerprint density at radius 1 is 0.808 bits per heavy atom. The zero-order valence-corrected chi connectivity index (χ0v) is 17.6. The van der Waals surface area contributed by atoms with Crippen molar-refractivity contribution in [1.82, 2.24) is 0 Å². The van der Waals surface area contributed by atoms with E-state index in [0.717, 1.165) is 24.7 Å². The number of hydrogen-bond donors (Lipinski definition) is 0. The highest BCUT2D eigenvalue weighted by atomic mass is 16.5. The first-order valence-electron chi connectivity index (χ1n) is 11.7. The highest BCUT2D eigenvalue weighted by molar-refractivity contribution is 5.02. The molecule has 2 nitrogen and oxygen atoms in total. The molecule has 2 aliphatic rings. The van der Waals surface area contributed by atoms with Gasteiger partial charge in [0.25, 0.3) is 0 Å². The van der Waals surface area contributed by atoms with E-state index >= 15 is 0 Å². The highest BCUT2D eigenvalue weighted by Gasteiger charge is 2.36. The molecule has 0 aromatic heterocycles. The van der Waals surface area contributed by atoms with Gasteiger partial charge in [0, 0.05) is 0 Å². The Morgan fingerprint density at radius 3 is 2.04 bits per heavy atom. The average molecular weight is 362 g/mol. The van der Waals surface area contributed by atoms with Gasteiger partial charge in [-0.2, -0.15) is 5.26 Å². The zero-order chi connectivity index (χ0) is 18.7. The van der Waals surface area contributed by atoms with Crippen molar-refractivity contribution in [3.63, 3.8) is 0 Å². The fraction of sp³-hybridized carbons (Fsp3) is 0.958. The summed E-state index contributed by atoms with van der Waals surface area (Å²) in [5, 5.41) is 9.81. The molecule has 0 radical (unpaired) electrons. The maximum atomic E-state index is 9.81. The summed E-state index contributed by atoms with van der Waals surface area (Å²) < 4.78 is 6.30. The van der Waals surface area contributed by atoms with E-state index in [-0.39, 0.29) is 5.41 Å². The molecule has 2 heteroatoms. The van der Waals surface area contributed by atoms with E-state index in [1.807, 2.05) is 0 Å². The third-order valence-electron chi connectivity index (χ3n) is 7.12. The van der Waals surface area contributed by atoms with Crippen LogP contribution in [0.3, 0.4) is 0 Å². The van der Waals surface area contributed by atoms with E-state index in [4.69, 9.17) is 4.74 Å². The van der Waals surface area contributed by atoms with Crippen LogP contribution in [0.15, 0.2) is 0 Å². The van der Waals surface area contributed by atoms with Crippen molar-refractivity contribution in [2.24, 2.45) is 17.3 Å². The summed E-state index contributed by atoms with van der Waals surface area (Å²) >= 11 is 0. The van der Waals surface area contributed by atoms with Crippen LogP contribution in [0, 0.1) is 28.6 Å². The normalized spacial score (nSPS) is 32.3. The second kappa shape index (κ2) is 12.0. The highest BCUT2D eigenvalue weighted by Crippen LogP contribution is 2.41. The Morgan fingerprint density at radius 2 is 1.42 bits per heavy atom. The van der Waals surface area contributed by atoms with Gasteiger partial charge in [0.15, 0.2) is 0 Å². The number of hydrogen-bond acceptors (Lipinski definition) is 2. The predicted molar refractivity (Wildman–Crippen MR) is 110 cm³/mol. The fourth-order valence-electron chi connectivity index (χ4n) is 5.02. The van der Waals surface area contributed by atoms with E-state index in [1.165, 1.54) is 89.9 Å². The third-order valence-corrected chi connectivity index (χ3v) is 7.12. The molecule has 0 N–H and O–H groups in total. The van der Waals surface area contributed by atoms with Crippen molar-refractivity contribution < 1.29 is 4.74 Å². The van der Waals surface area contributed by atoms with Crippen LogP contribution < -0.4 is 0 Å². The fourth-order valence-corrected chi connectivity index (χ4v) is 5.02. The second-order valence-corrected chi connectivity index (χ2v) is 9.28. The van der Waals surface area contributed by atoms with Gasteiger partial charge in [-0.1, -0.05) is 65.2 Å². The van der Waals surface area contributed by atoms with Crippen molar-refractivity contribution in [1.29, 1.82) is 5.26 Å². The lowest BCUT2D eigenvalue weighted by atomic mass is 9.70. The van der Waals surface area contributed by atoms with Crippen molar-refractivity contribution >= 4 is 0 Å². The standard InChI is InChI=1S/C24H43NO/c1-3-5-7-8-10-22-15-17-24(19-25,18-16-22)20-26-23-13-11-21(12-14-23)9-6-4-2/h21-23H,3-18,20H2,1-2H3. The molecule has 150 valence electrons. The number of rotatable bonds is 11. The van der Waals surface area contributed by atoms with Crippen LogP contribution in [0.4, 0.5) is 0 Å². The minimum Gasteiger partial charge on any atom is -0.377 e. The van der Waals surface area contributed by atoms with E-state index in [9.17, 15) is 5.26 Å². The largest absolute Gasteiger partial charge is 0.377 e.